The van der Waals surface area contributed by atoms with Crippen LogP contribution in [0.5, 0.6) is 11.5 Å². The highest BCUT2D eigenvalue weighted by Gasteiger charge is 2.41. The summed E-state index contributed by atoms with van der Waals surface area (Å²) in [6, 6.07) is 15.1. The third-order valence-electron chi connectivity index (χ3n) is 10.00. The third kappa shape index (κ3) is 4.84. The minimum absolute atomic E-state index is 0.142. The second-order valence-corrected chi connectivity index (χ2v) is 12.6. The molecule has 0 unspecified atom stereocenters. The fraction of sp³-hybridized carbons (Fsp3) is 0.333. The zero-order valence-electron chi connectivity index (χ0n) is 28.7. The predicted molar refractivity (Wildman–Crippen MR) is 191 cm³/mol. The maximum Gasteiger partial charge on any atom is 0.193 e. The van der Waals surface area contributed by atoms with Crippen LogP contribution in [0.15, 0.2) is 70.8 Å². The molecule has 0 N–H and O–H groups in total. The molecule has 0 aromatic heterocycles. The first-order valence-electron chi connectivity index (χ1n) is 17.2. The molecule has 0 heterocycles. The summed E-state index contributed by atoms with van der Waals surface area (Å²) < 4.78 is 12.3. The number of carbonyl (C=O) groups excluding carboxylic acids is 4. The Labute approximate surface area is 281 Å². The molecule has 48 heavy (non-hydrogen) atoms. The number of hydrogen-bond acceptors (Lipinski definition) is 6. The first-order valence-corrected chi connectivity index (χ1v) is 17.2. The lowest BCUT2D eigenvalue weighted by Gasteiger charge is -2.29. The van der Waals surface area contributed by atoms with Crippen LogP contribution in [0.2, 0.25) is 0 Å². The summed E-state index contributed by atoms with van der Waals surface area (Å²) in [5.41, 5.74) is 4.46. The summed E-state index contributed by atoms with van der Waals surface area (Å²) in [6.07, 6.45) is 5.33. The molecule has 0 aliphatic heterocycles. The van der Waals surface area contributed by atoms with Crippen molar-refractivity contribution in [2.24, 2.45) is 0 Å². The molecule has 0 bridgehead atoms. The van der Waals surface area contributed by atoms with Crippen molar-refractivity contribution >= 4 is 44.7 Å². The van der Waals surface area contributed by atoms with Crippen molar-refractivity contribution in [3.05, 3.63) is 93.1 Å². The van der Waals surface area contributed by atoms with Crippen molar-refractivity contribution in [1.29, 1.82) is 0 Å². The van der Waals surface area contributed by atoms with Gasteiger partial charge in [-0.2, -0.15) is 0 Å². The van der Waals surface area contributed by atoms with E-state index in [0.29, 0.717) is 91.8 Å². The molecule has 6 heteroatoms. The molecule has 4 aromatic carbocycles. The average molecular weight is 643 g/mol. The number of ketones is 4. The number of ether oxygens (including phenoxy) is 2. The maximum absolute atomic E-state index is 14.5. The van der Waals surface area contributed by atoms with Crippen LogP contribution in [0.1, 0.15) is 120 Å². The van der Waals surface area contributed by atoms with E-state index in [2.05, 4.69) is 13.8 Å². The fourth-order valence-corrected chi connectivity index (χ4v) is 7.77. The van der Waals surface area contributed by atoms with Gasteiger partial charge in [0.15, 0.2) is 23.1 Å². The quantitative estimate of drug-likeness (QED) is 0.162. The monoisotopic (exact) mass is 642 g/mol. The van der Waals surface area contributed by atoms with Crippen molar-refractivity contribution in [3.8, 4) is 22.6 Å². The standard InChI is InChI=1S/C42H42O6/c1-7-11-17-29-23(9-3)37(43)35-31(39(29)45)25-19-13-15-21-27(25)33(41(35)47-5)34-28-22-16-14-20-26(28)32-36(42(34)48-6)38(44)24(10-4)30(40(32)46)18-12-8-2/h13-16,19-22H,7-12,17-18H2,1-6H3. The predicted octanol–water partition coefficient (Wildman–Crippen LogP) is 10.2. The molecule has 246 valence electrons. The third-order valence-corrected chi connectivity index (χ3v) is 10.00. The largest absolute Gasteiger partial charge is 0.495 e. The van der Waals surface area contributed by atoms with Crippen molar-refractivity contribution < 1.29 is 28.7 Å². The highest BCUT2D eigenvalue weighted by Crippen LogP contribution is 2.53. The van der Waals surface area contributed by atoms with Gasteiger partial charge in [0.25, 0.3) is 0 Å². The second-order valence-electron chi connectivity index (χ2n) is 12.6. The molecule has 0 radical (unpaired) electrons. The van der Waals surface area contributed by atoms with Gasteiger partial charge in [0.05, 0.1) is 25.3 Å². The van der Waals surface area contributed by atoms with E-state index in [4.69, 9.17) is 9.47 Å². The van der Waals surface area contributed by atoms with Crippen LogP contribution >= 0.6 is 0 Å². The number of benzene rings is 4. The Morgan fingerprint density at radius 1 is 0.438 bits per heavy atom. The summed E-state index contributed by atoms with van der Waals surface area (Å²) in [4.78, 5) is 57.7. The van der Waals surface area contributed by atoms with Gasteiger partial charge in [0.1, 0.15) is 11.5 Å². The van der Waals surface area contributed by atoms with E-state index < -0.39 is 0 Å². The average Bonchev–Trinajstić information content (AvgIpc) is 3.11. The molecule has 0 atom stereocenters. The van der Waals surface area contributed by atoms with Crippen molar-refractivity contribution in [3.63, 3.8) is 0 Å². The topological polar surface area (TPSA) is 86.7 Å². The lowest BCUT2D eigenvalue weighted by Crippen LogP contribution is -2.25. The van der Waals surface area contributed by atoms with Gasteiger partial charge in [0, 0.05) is 44.5 Å². The second kappa shape index (κ2) is 13.3. The van der Waals surface area contributed by atoms with E-state index in [1.807, 2.05) is 62.4 Å². The van der Waals surface area contributed by atoms with E-state index in [0.717, 1.165) is 25.7 Å². The molecular weight excluding hydrogens is 600 g/mol. The number of rotatable bonds is 11. The maximum atomic E-state index is 14.5. The molecule has 0 saturated carbocycles. The molecule has 0 saturated heterocycles. The molecule has 0 amide bonds. The molecular formula is C42H42O6. The first kappa shape index (κ1) is 33.1. The SMILES string of the molecule is CCCCC1=C(CC)C(=O)c2c(OC)c(-c3c(OC)c4c(c5ccccc35)C(=O)C(CCCC)=C(CC)C4=O)c3ccccc3c2C1=O. The van der Waals surface area contributed by atoms with Gasteiger partial charge >= 0.3 is 0 Å². The fourth-order valence-electron chi connectivity index (χ4n) is 7.77. The van der Waals surface area contributed by atoms with Gasteiger partial charge in [-0.3, -0.25) is 19.2 Å². The van der Waals surface area contributed by atoms with E-state index >= 15 is 0 Å². The van der Waals surface area contributed by atoms with Crippen LogP contribution < -0.4 is 9.47 Å². The van der Waals surface area contributed by atoms with Gasteiger partial charge in [-0.25, -0.2) is 0 Å². The van der Waals surface area contributed by atoms with Crippen molar-refractivity contribution in [2.45, 2.75) is 79.1 Å². The van der Waals surface area contributed by atoms with Gasteiger partial charge < -0.3 is 9.47 Å². The summed E-state index contributed by atoms with van der Waals surface area (Å²) in [5.74, 6) is -0.198. The highest BCUT2D eigenvalue weighted by atomic mass is 16.5. The number of Topliss-reactive ketones (excluding diaryl/α,β-unsaturated/α-hetero) is 4. The van der Waals surface area contributed by atoms with Crippen LogP contribution in [-0.4, -0.2) is 37.4 Å². The zero-order valence-corrected chi connectivity index (χ0v) is 28.7. The summed E-state index contributed by atoms with van der Waals surface area (Å²) in [5, 5.41) is 2.65. The number of allylic oxidation sites excluding steroid dienone is 4. The minimum Gasteiger partial charge on any atom is -0.495 e. The highest BCUT2D eigenvalue weighted by molar-refractivity contribution is 6.36. The van der Waals surface area contributed by atoms with E-state index in [-0.39, 0.29) is 45.8 Å². The number of hydrogen-bond donors (Lipinski definition) is 0. The van der Waals surface area contributed by atoms with E-state index in [9.17, 15) is 19.2 Å². The molecule has 0 fully saturated rings. The zero-order chi connectivity index (χ0) is 34.3. The molecule has 4 aromatic rings. The van der Waals surface area contributed by atoms with Crippen LogP contribution in [-0.2, 0) is 0 Å². The van der Waals surface area contributed by atoms with Crippen LogP contribution in [0, 0.1) is 0 Å². The van der Waals surface area contributed by atoms with Gasteiger partial charge in [0.2, 0.25) is 0 Å². The Bertz CT molecular complexity index is 1960. The van der Waals surface area contributed by atoms with Crippen LogP contribution in [0.4, 0.5) is 0 Å². The van der Waals surface area contributed by atoms with Crippen LogP contribution in [0.3, 0.4) is 0 Å². The Hall–Kier alpha value is -4.84. The van der Waals surface area contributed by atoms with Crippen molar-refractivity contribution in [1.82, 2.24) is 0 Å². The first-order chi connectivity index (χ1) is 23.3. The van der Waals surface area contributed by atoms with Gasteiger partial charge in [-0.05, 0) is 60.1 Å². The molecule has 6 rings (SSSR count). The van der Waals surface area contributed by atoms with Crippen LogP contribution in [0.25, 0.3) is 32.7 Å². The Morgan fingerprint density at radius 2 is 0.750 bits per heavy atom. The Balaban J connectivity index is 1.78. The molecule has 2 aliphatic rings. The number of fused-ring (bicyclic) bond motifs is 6. The normalized spacial score (nSPS) is 14.7. The van der Waals surface area contributed by atoms with E-state index in [1.54, 1.807) is 0 Å². The molecule has 2 aliphatic carbocycles. The lowest BCUT2D eigenvalue weighted by molar-refractivity contribution is 0.0967. The number of carbonyl (C=O) groups is 4. The Kier molecular flexibility index (Phi) is 9.20. The summed E-state index contributed by atoms with van der Waals surface area (Å²) in [6.45, 7) is 7.95. The Morgan fingerprint density at radius 3 is 1.04 bits per heavy atom. The molecule has 0 spiro atoms. The number of methoxy groups -OCH3 is 2. The van der Waals surface area contributed by atoms with Gasteiger partial charge in [-0.1, -0.05) is 89.1 Å². The lowest BCUT2D eigenvalue weighted by atomic mass is 9.74. The summed E-state index contributed by atoms with van der Waals surface area (Å²) in [7, 11) is 3.01. The molecule has 6 nitrogen and oxygen atoms in total. The summed E-state index contributed by atoms with van der Waals surface area (Å²) >= 11 is 0. The number of unbranched alkanes of at least 4 members (excludes halogenated alkanes) is 2. The van der Waals surface area contributed by atoms with E-state index in [1.165, 1.54) is 14.2 Å². The van der Waals surface area contributed by atoms with Crippen molar-refractivity contribution in [2.75, 3.05) is 14.2 Å². The smallest absolute Gasteiger partial charge is 0.193 e. The van der Waals surface area contributed by atoms with Gasteiger partial charge in [-0.15, -0.1) is 0 Å². The minimum atomic E-state index is -0.216.